The molecular weight excluding hydrogens is 305 g/mol. The fraction of sp³-hybridized carbons (Fsp3) is 0.250. The number of benzene rings is 2. The molecule has 0 saturated carbocycles. The molecule has 0 bridgehead atoms. The second-order valence-electron chi connectivity index (χ2n) is 4.62. The number of aryl methyl sites for hydroxylation is 1. The Labute approximate surface area is 122 Å². The predicted octanol–water partition coefficient (Wildman–Crippen LogP) is 4.79. The standard InChI is InChI=1S/C16H17BrFN/c1-3-12-4-7-14(8-5-12)19(2)11-13-6-9-16(18)15(17)10-13/h4-10H,3,11H2,1-2H3. The van der Waals surface area contributed by atoms with Crippen molar-refractivity contribution in [3.8, 4) is 0 Å². The Bertz CT molecular complexity index is 551. The molecule has 3 heteroatoms. The first-order valence-electron chi connectivity index (χ1n) is 6.34. The van der Waals surface area contributed by atoms with Gasteiger partial charge in [-0.1, -0.05) is 25.1 Å². The Hall–Kier alpha value is -1.35. The van der Waals surface area contributed by atoms with E-state index in [4.69, 9.17) is 0 Å². The van der Waals surface area contributed by atoms with Crippen molar-refractivity contribution in [1.29, 1.82) is 0 Å². The van der Waals surface area contributed by atoms with E-state index in [9.17, 15) is 4.39 Å². The van der Waals surface area contributed by atoms with Crippen LogP contribution in [0, 0.1) is 5.82 Å². The van der Waals surface area contributed by atoms with Crippen LogP contribution in [0.3, 0.4) is 0 Å². The summed E-state index contributed by atoms with van der Waals surface area (Å²) in [4.78, 5) is 2.15. The minimum atomic E-state index is -0.223. The lowest BCUT2D eigenvalue weighted by Gasteiger charge is -2.20. The number of hydrogen-bond donors (Lipinski definition) is 0. The topological polar surface area (TPSA) is 3.24 Å². The maximum Gasteiger partial charge on any atom is 0.137 e. The van der Waals surface area contributed by atoms with Crippen molar-refractivity contribution in [2.75, 3.05) is 11.9 Å². The van der Waals surface area contributed by atoms with Crippen molar-refractivity contribution in [2.24, 2.45) is 0 Å². The zero-order valence-electron chi connectivity index (χ0n) is 11.2. The zero-order chi connectivity index (χ0) is 13.8. The first-order chi connectivity index (χ1) is 9.10. The first-order valence-corrected chi connectivity index (χ1v) is 7.13. The molecule has 0 aliphatic rings. The molecule has 19 heavy (non-hydrogen) atoms. The summed E-state index contributed by atoms with van der Waals surface area (Å²) in [5, 5.41) is 0. The molecule has 0 fully saturated rings. The van der Waals surface area contributed by atoms with E-state index in [2.05, 4.69) is 52.0 Å². The molecule has 0 aromatic heterocycles. The number of nitrogens with zero attached hydrogens (tertiary/aromatic N) is 1. The van der Waals surface area contributed by atoms with E-state index in [-0.39, 0.29) is 5.82 Å². The summed E-state index contributed by atoms with van der Waals surface area (Å²) in [6.45, 7) is 2.90. The molecule has 0 spiro atoms. The van der Waals surface area contributed by atoms with Gasteiger partial charge in [0, 0.05) is 19.3 Å². The van der Waals surface area contributed by atoms with Gasteiger partial charge in [-0.15, -0.1) is 0 Å². The van der Waals surface area contributed by atoms with Crippen LogP contribution < -0.4 is 4.90 Å². The molecule has 0 aliphatic carbocycles. The van der Waals surface area contributed by atoms with Crippen molar-refractivity contribution in [2.45, 2.75) is 19.9 Å². The van der Waals surface area contributed by atoms with Crippen molar-refractivity contribution >= 4 is 21.6 Å². The number of hydrogen-bond acceptors (Lipinski definition) is 1. The molecule has 2 rings (SSSR count). The molecule has 0 N–H and O–H groups in total. The molecule has 0 radical (unpaired) electrons. The summed E-state index contributed by atoms with van der Waals surface area (Å²) in [5.41, 5.74) is 3.58. The summed E-state index contributed by atoms with van der Waals surface area (Å²) in [5.74, 6) is -0.223. The Morgan fingerprint density at radius 3 is 2.26 bits per heavy atom. The van der Waals surface area contributed by atoms with Gasteiger partial charge in [-0.3, -0.25) is 0 Å². The maximum absolute atomic E-state index is 13.2. The van der Waals surface area contributed by atoms with Gasteiger partial charge in [0.15, 0.2) is 0 Å². The summed E-state index contributed by atoms with van der Waals surface area (Å²) in [6.07, 6.45) is 1.05. The quantitative estimate of drug-likeness (QED) is 0.782. The van der Waals surface area contributed by atoms with E-state index in [1.165, 1.54) is 11.6 Å². The molecule has 0 aliphatic heterocycles. The van der Waals surface area contributed by atoms with Gasteiger partial charge in [0.25, 0.3) is 0 Å². The van der Waals surface area contributed by atoms with Crippen LogP contribution in [-0.4, -0.2) is 7.05 Å². The third-order valence-electron chi connectivity index (χ3n) is 3.19. The lowest BCUT2D eigenvalue weighted by molar-refractivity contribution is 0.620. The van der Waals surface area contributed by atoms with Crippen molar-refractivity contribution in [1.82, 2.24) is 0 Å². The van der Waals surface area contributed by atoms with Gasteiger partial charge in [0.2, 0.25) is 0 Å². The highest BCUT2D eigenvalue weighted by Gasteiger charge is 2.05. The molecule has 0 atom stereocenters. The second kappa shape index (κ2) is 6.20. The van der Waals surface area contributed by atoms with Crippen LogP contribution in [0.25, 0.3) is 0 Å². The smallest absolute Gasteiger partial charge is 0.137 e. The third-order valence-corrected chi connectivity index (χ3v) is 3.80. The van der Waals surface area contributed by atoms with Crippen LogP contribution in [0.1, 0.15) is 18.1 Å². The van der Waals surface area contributed by atoms with Gasteiger partial charge in [-0.2, -0.15) is 0 Å². The molecule has 1 nitrogen and oxygen atoms in total. The predicted molar refractivity (Wildman–Crippen MR) is 82.0 cm³/mol. The van der Waals surface area contributed by atoms with E-state index in [1.54, 1.807) is 0 Å². The van der Waals surface area contributed by atoms with E-state index >= 15 is 0 Å². The number of halogens is 2. The molecule has 0 unspecified atom stereocenters. The largest absolute Gasteiger partial charge is 0.370 e. The molecule has 2 aromatic carbocycles. The lowest BCUT2D eigenvalue weighted by atomic mass is 10.1. The maximum atomic E-state index is 13.2. The van der Waals surface area contributed by atoms with Crippen LogP contribution in [0.4, 0.5) is 10.1 Å². The lowest BCUT2D eigenvalue weighted by Crippen LogP contribution is -2.16. The van der Waals surface area contributed by atoms with Gasteiger partial charge < -0.3 is 4.90 Å². The summed E-state index contributed by atoms with van der Waals surface area (Å²) in [6, 6.07) is 13.7. The van der Waals surface area contributed by atoms with Gasteiger partial charge in [0.1, 0.15) is 5.82 Å². The minimum Gasteiger partial charge on any atom is -0.370 e. The fourth-order valence-corrected chi connectivity index (χ4v) is 2.42. The van der Waals surface area contributed by atoms with Gasteiger partial charge in [-0.05, 0) is 57.7 Å². The fourth-order valence-electron chi connectivity index (χ4n) is 1.99. The highest BCUT2D eigenvalue weighted by molar-refractivity contribution is 9.10. The zero-order valence-corrected chi connectivity index (χ0v) is 12.7. The number of rotatable bonds is 4. The van der Waals surface area contributed by atoms with Gasteiger partial charge in [0.05, 0.1) is 4.47 Å². The van der Waals surface area contributed by atoms with Crippen molar-refractivity contribution < 1.29 is 4.39 Å². The van der Waals surface area contributed by atoms with Crippen LogP contribution in [0.2, 0.25) is 0 Å². The Morgan fingerprint density at radius 1 is 1.05 bits per heavy atom. The first kappa shape index (κ1) is 14.1. The SMILES string of the molecule is CCc1ccc(N(C)Cc2ccc(F)c(Br)c2)cc1. The third kappa shape index (κ3) is 3.57. The molecule has 100 valence electrons. The van der Waals surface area contributed by atoms with Crippen molar-refractivity contribution in [3.05, 3.63) is 63.9 Å². The van der Waals surface area contributed by atoms with Crippen LogP contribution in [-0.2, 0) is 13.0 Å². The average Bonchev–Trinajstić information content (AvgIpc) is 2.43. The molecule has 0 heterocycles. The highest BCUT2D eigenvalue weighted by Crippen LogP contribution is 2.20. The van der Waals surface area contributed by atoms with E-state index in [0.29, 0.717) is 4.47 Å². The van der Waals surface area contributed by atoms with Gasteiger partial charge >= 0.3 is 0 Å². The molecule has 2 aromatic rings. The Morgan fingerprint density at radius 2 is 1.68 bits per heavy atom. The summed E-state index contributed by atoms with van der Waals surface area (Å²) >= 11 is 3.22. The minimum absolute atomic E-state index is 0.223. The van der Waals surface area contributed by atoms with E-state index in [0.717, 1.165) is 24.2 Å². The van der Waals surface area contributed by atoms with Gasteiger partial charge in [-0.25, -0.2) is 4.39 Å². The van der Waals surface area contributed by atoms with Crippen LogP contribution >= 0.6 is 15.9 Å². The van der Waals surface area contributed by atoms with Crippen LogP contribution in [0.15, 0.2) is 46.9 Å². The van der Waals surface area contributed by atoms with Crippen LogP contribution in [0.5, 0.6) is 0 Å². The van der Waals surface area contributed by atoms with E-state index in [1.807, 2.05) is 19.2 Å². The summed E-state index contributed by atoms with van der Waals surface area (Å²) in [7, 11) is 2.04. The number of anilines is 1. The van der Waals surface area contributed by atoms with E-state index < -0.39 is 0 Å². The average molecular weight is 322 g/mol. The molecular formula is C16H17BrFN. The normalized spacial score (nSPS) is 10.5. The van der Waals surface area contributed by atoms with Crippen molar-refractivity contribution in [3.63, 3.8) is 0 Å². The monoisotopic (exact) mass is 321 g/mol. The summed E-state index contributed by atoms with van der Waals surface area (Å²) < 4.78 is 13.7. The second-order valence-corrected chi connectivity index (χ2v) is 5.48. The Kier molecular flexibility index (Phi) is 4.59. The molecule has 0 saturated heterocycles. The Balaban J connectivity index is 2.10. The highest BCUT2D eigenvalue weighted by atomic mass is 79.9. The molecule has 0 amide bonds.